The van der Waals surface area contributed by atoms with Gasteiger partial charge in [-0.15, -0.1) is 0 Å². The lowest BCUT2D eigenvalue weighted by molar-refractivity contribution is 0.450. The smallest absolute Gasteiger partial charge is 0.0792 e. The van der Waals surface area contributed by atoms with Crippen molar-refractivity contribution in [2.45, 2.75) is 25.4 Å². The Bertz CT molecular complexity index is 452. The fourth-order valence-electron chi connectivity index (χ4n) is 2.21. The monoisotopic (exact) mass is 254 g/mol. The fraction of sp³-hybridized carbons (Fsp3) is 0.294. The zero-order chi connectivity index (χ0) is 13.7. The first-order valence-electron chi connectivity index (χ1n) is 6.76. The average Bonchev–Trinajstić information content (AvgIpc) is 2.46. The van der Waals surface area contributed by atoms with Gasteiger partial charge in [0.05, 0.1) is 5.54 Å². The third-order valence-electron chi connectivity index (χ3n) is 3.37. The van der Waals surface area contributed by atoms with Crippen LogP contribution in [0.1, 0.15) is 25.0 Å². The van der Waals surface area contributed by atoms with Gasteiger partial charge >= 0.3 is 0 Å². The Kier molecular flexibility index (Phi) is 4.35. The van der Waals surface area contributed by atoms with E-state index in [-0.39, 0.29) is 0 Å². The number of rotatable bonds is 5. The molecule has 2 aromatic rings. The second-order valence-electron chi connectivity index (χ2n) is 5.24. The van der Waals surface area contributed by atoms with Crippen LogP contribution in [0.25, 0.3) is 0 Å². The summed E-state index contributed by atoms with van der Waals surface area (Å²) in [4.78, 5) is 0. The number of nitrogens with two attached hydrogens (primary N) is 1. The standard InChI is InChI=1S/C17H22N2/c1-14(2)19-13-17(18,15-9-5-3-6-10-15)16-11-7-4-8-12-16/h3-12,14,19H,13,18H2,1-2H3. The zero-order valence-electron chi connectivity index (χ0n) is 11.6. The minimum atomic E-state index is -0.493. The summed E-state index contributed by atoms with van der Waals surface area (Å²) in [6.07, 6.45) is 0. The van der Waals surface area contributed by atoms with Gasteiger partial charge < -0.3 is 11.1 Å². The number of benzene rings is 2. The van der Waals surface area contributed by atoms with Crippen molar-refractivity contribution >= 4 is 0 Å². The Morgan fingerprint density at radius 3 is 1.68 bits per heavy atom. The maximum Gasteiger partial charge on any atom is 0.0792 e. The first-order chi connectivity index (χ1) is 9.13. The van der Waals surface area contributed by atoms with E-state index in [0.717, 1.165) is 17.7 Å². The predicted octanol–water partition coefficient (Wildman–Crippen LogP) is 2.89. The van der Waals surface area contributed by atoms with E-state index in [9.17, 15) is 0 Å². The average molecular weight is 254 g/mol. The van der Waals surface area contributed by atoms with Gasteiger partial charge in [0.25, 0.3) is 0 Å². The van der Waals surface area contributed by atoms with Crippen LogP contribution in [0.3, 0.4) is 0 Å². The zero-order valence-corrected chi connectivity index (χ0v) is 11.6. The first kappa shape index (κ1) is 13.8. The molecule has 0 fully saturated rings. The van der Waals surface area contributed by atoms with Gasteiger partial charge in [0.2, 0.25) is 0 Å². The van der Waals surface area contributed by atoms with Crippen LogP contribution in [0, 0.1) is 0 Å². The number of hydrogen-bond donors (Lipinski definition) is 2. The Labute approximate surface area is 115 Å². The quantitative estimate of drug-likeness (QED) is 0.861. The van der Waals surface area contributed by atoms with Gasteiger partial charge in [-0.05, 0) is 11.1 Å². The molecule has 0 aliphatic carbocycles. The lowest BCUT2D eigenvalue weighted by atomic mass is 9.83. The molecule has 0 spiro atoms. The van der Waals surface area contributed by atoms with Gasteiger partial charge in [-0.25, -0.2) is 0 Å². The van der Waals surface area contributed by atoms with Crippen molar-refractivity contribution < 1.29 is 0 Å². The number of hydrogen-bond acceptors (Lipinski definition) is 2. The molecule has 0 bridgehead atoms. The van der Waals surface area contributed by atoms with E-state index in [1.165, 1.54) is 0 Å². The minimum Gasteiger partial charge on any atom is -0.317 e. The lowest BCUT2D eigenvalue weighted by Gasteiger charge is -2.32. The van der Waals surface area contributed by atoms with Crippen molar-refractivity contribution in [1.29, 1.82) is 0 Å². The maximum atomic E-state index is 6.73. The van der Waals surface area contributed by atoms with Gasteiger partial charge in [0.15, 0.2) is 0 Å². The van der Waals surface area contributed by atoms with E-state index in [1.54, 1.807) is 0 Å². The van der Waals surface area contributed by atoms with E-state index >= 15 is 0 Å². The van der Waals surface area contributed by atoms with Crippen molar-refractivity contribution in [3.63, 3.8) is 0 Å². The Balaban J connectivity index is 2.39. The van der Waals surface area contributed by atoms with Gasteiger partial charge in [-0.3, -0.25) is 0 Å². The largest absolute Gasteiger partial charge is 0.317 e. The molecule has 0 heterocycles. The molecular weight excluding hydrogens is 232 g/mol. The van der Waals surface area contributed by atoms with Crippen LogP contribution < -0.4 is 11.1 Å². The van der Waals surface area contributed by atoms with E-state index in [4.69, 9.17) is 5.73 Å². The minimum absolute atomic E-state index is 0.412. The molecule has 0 aliphatic rings. The summed E-state index contributed by atoms with van der Waals surface area (Å²) < 4.78 is 0. The Hall–Kier alpha value is -1.64. The molecule has 0 amide bonds. The Morgan fingerprint density at radius 2 is 1.32 bits per heavy atom. The molecule has 0 saturated heterocycles. The second kappa shape index (κ2) is 6.00. The molecule has 3 N–H and O–H groups in total. The SMILES string of the molecule is CC(C)NCC(N)(c1ccccc1)c1ccccc1. The van der Waals surface area contributed by atoms with Gasteiger partial charge in [-0.1, -0.05) is 74.5 Å². The maximum absolute atomic E-state index is 6.73. The van der Waals surface area contributed by atoms with Crippen LogP contribution >= 0.6 is 0 Å². The van der Waals surface area contributed by atoms with E-state index < -0.39 is 5.54 Å². The summed E-state index contributed by atoms with van der Waals surface area (Å²) in [7, 11) is 0. The molecule has 0 radical (unpaired) electrons. The van der Waals surface area contributed by atoms with Crippen LogP contribution in [0.15, 0.2) is 60.7 Å². The van der Waals surface area contributed by atoms with Crippen molar-refractivity contribution in [2.24, 2.45) is 5.73 Å². The van der Waals surface area contributed by atoms with Crippen LogP contribution in [-0.4, -0.2) is 12.6 Å². The van der Waals surface area contributed by atoms with E-state index in [0.29, 0.717) is 6.04 Å². The molecule has 2 aromatic carbocycles. The predicted molar refractivity (Wildman–Crippen MR) is 81.0 cm³/mol. The molecule has 2 rings (SSSR count). The summed E-state index contributed by atoms with van der Waals surface area (Å²) in [6, 6.07) is 21.0. The summed E-state index contributed by atoms with van der Waals surface area (Å²) in [5.41, 5.74) is 8.50. The second-order valence-corrected chi connectivity index (χ2v) is 5.24. The van der Waals surface area contributed by atoms with Crippen molar-refractivity contribution in [1.82, 2.24) is 5.32 Å². The molecule has 100 valence electrons. The normalized spacial score (nSPS) is 11.8. The molecule has 0 aliphatic heterocycles. The van der Waals surface area contributed by atoms with Crippen molar-refractivity contribution in [3.8, 4) is 0 Å². The van der Waals surface area contributed by atoms with Crippen LogP contribution in [-0.2, 0) is 5.54 Å². The van der Waals surface area contributed by atoms with Crippen LogP contribution in [0.2, 0.25) is 0 Å². The first-order valence-corrected chi connectivity index (χ1v) is 6.76. The molecule has 0 aromatic heterocycles. The Morgan fingerprint density at radius 1 is 0.895 bits per heavy atom. The van der Waals surface area contributed by atoms with Gasteiger partial charge in [0.1, 0.15) is 0 Å². The topological polar surface area (TPSA) is 38.0 Å². The van der Waals surface area contributed by atoms with Gasteiger partial charge in [-0.2, -0.15) is 0 Å². The van der Waals surface area contributed by atoms with E-state index in [2.05, 4.69) is 43.4 Å². The molecule has 19 heavy (non-hydrogen) atoms. The highest BCUT2D eigenvalue weighted by Crippen LogP contribution is 2.26. The molecule has 0 unspecified atom stereocenters. The summed E-state index contributed by atoms with van der Waals surface area (Å²) >= 11 is 0. The fourth-order valence-corrected chi connectivity index (χ4v) is 2.21. The summed E-state index contributed by atoms with van der Waals surface area (Å²) in [5.74, 6) is 0. The third-order valence-corrected chi connectivity index (χ3v) is 3.37. The lowest BCUT2D eigenvalue weighted by Crippen LogP contribution is -2.48. The van der Waals surface area contributed by atoms with Crippen molar-refractivity contribution in [2.75, 3.05) is 6.54 Å². The van der Waals surface area contributed by atoms with Gasteiger partial charge in [0, 0.05) is 12.6 Å². The molecule has 2 nitrogen and oxygen atoms in total. The number of nitrogens with one attached hydrogen (secondary N) is 1. The van der Waals surface area contributed by atoms with Crippen LogP contribution in [0.4, 0.5) is 0 Å². The summed E-state index contributed by atoms with van der Waals surface area (Å²) in [5, 5.41) is 3.46. The highest BCUT2D eigenvalue weighted by Gasteiger charge is 2.29. The van der Waals surface area contributed by atoms with Crippen molar-refractivity contribution in [3.05, 3.63) is 71.8 Å². The third kappa shape index (κ3) is 3.22. The van der Waals surface area contributed by atoms with Crippen LogP contribution in [0.5, 0.6) is 0 Å². The highest BCUT2D eigenvalue weighted by atomic mass is 15.0. The molecule has 2 heteroatoms. The molecule has 0 saturated carbocycles. The highest BCUT2D eigenvalue weighted by molar-refractivity contribution is 5.38. The summed E-state index contributed by atoms with van der Waals surface area (Å²) in [6.45, 7) is 4.99. The molecular formula is C17H22N2. The van der Waals surface area contributed by atoms with E-state index in [1.807, 2.05) is 36.4 Å². The molecule has 0 atom stereocenters.